The Morgan fingerprint density at radius 2 is 1.67 bits per heavy atom. The SMILES string of the molecule is CCCNCc1ccc(S(=O)(=O)NCCC(C)(C)C)cc1. The van der Waals surface area contributed by atoms with Gasteiger partial charge in [-0.3, -0.25) is 0 Å². The monoisotopic (exact) mass is 312 g/mol. The maximum Gasteiger partial charge on any atom is 0.240 e. The lowest BCUT2D eigenvalue weighted by Crippen LogP contribution is -2.27. The highest BCUT2D eigenvalue weighted by molar-refractivity contribution is 7.89. The molecule has 0 aliphatic heterocycles. The van der Waals surface area contributed by atoms with Crippen LogP contribution in [0.1, 0.15) is 46.1 Å². The molecule has 120 valence electrons. The molecule has 21 heavy (non-hydrogen) atoms. The second-order valence-corrected chi connectivity index (χ2v) is 8.30. The summed E-state index contributed by atoms with van der Waals surface area (Å²) in [5, 5.41) is 3.30. The fourth-order valence-corrected chi connectivity index (χ4v) is 2.87. The molecule has 0 aromatic heterocycles. The van der Waals surface area contributed by atoms with E-state index < -0.39 is 10.0 Å². The Hall–Kier alpha value is -0.910. The summed E-state index contributed by atoms with van der Waals surface area (Å²) < 4.78 is 27.0. The van der Waals surface area contributed by atoms with Crippen LogP contribution < -0.4 is 10.0 Å². The zero-order valence-corrected chi connectivity index (χ0v) is 14.4. The molecule has 0 heterocycles. The van der Waals surface area contributed by atoms with E-state index in [9.17, 15) is 8.42 Å². The zero-order valence-electron chi connectivity index (χ0n) is 13.6. The van der Waals surface area contributed by atoms with E-state index >= 15 is 0 Å². The summed E-state index contributed by atoms with van der Waals surface area (Å²) in [7, 11) is -3.40. The van der Waals surface area contributed by atoms with Crippen molar-refractivity contribution < 1.29 is 8.42 Å². The highest BCUT2D eigenvalue weighted by atomic mass is 32.2. The summed E-state index contributed by atoms with van der Waals surface area (Å²) in [4.78, 5) is 0.329. The normalized spacial score (nSPS) is 12.6. The van der Waals surface area contributed by atoms with Crippen LogP contribution in [0.2, 0.25) is 0 Å². The number of hydrogen-bond acceptors (Lipinski definition) is 3. The Bertz CT molecular complexity index is 516. The molecular formula is C16H28N2O2S. The van der Waals surface area contributed by atoms with Gasteiger partial charge in [0.2, 0.25) is 10.0 Å². The smallest absolute Gasteiger partial charge is 0.240 e. The van der Waals surface area contributed by atoms with E-state index in [1.165, 1.54) is 0 Å². The molecule has 0 spiro atoms. The van der Waals surface area contributed by atoms with Gasteiger partial charge in [-0.15, -0.1) is 0 Å². The van der Waals surface area contributed by atoms with Crippen molar-refractivity contribution in [3.05, 3.63) is 29.8 Å². The van der Waals surface area contributed by atoms with Crippen molar-refractivity contribution in [2.24, 2.45) is 5.41 Å². The largest absolute Gasteiger partial charge is 0.313 e. The lowest BCUT2D eigenvalue weighted by molar-refractivity contribution is 0.378. The molecule has 5 heteroatoms. The molecule has 0 bridgehead atoms. The zero-order chi connectivity index (χ0) is 15.9. The molecule has 0 radical (unpaired) electrons. The number of nitrogens with one attached hydrogen (secondary N) is 2. The highest BCUT2D eigenvalue weighted by Crippen LogP contribution is 2.18. The molecule has 0 aliphatic rings. The second kappa shape index (κ2) is 7.92. The average Bonchev–Trinajstić information content (AvgIpc) is 2.38. The van der Waals surface area contributed by atoms with Crippen LogP contribution in [0.15, 0.2) is 29.2 Å². The molecule has 0 unspecified atom stereocenters. The third-order valence-electron chi connectivity index (χ3n) is 3.16. The fraction of sp³-hybridized carbons (Fsp3) is 0.625. The average molecular weight is 312 g/mol. The maximum atomic E-state index is 12.2. The van der Waals surface area contributed by atoms with Crippen LogP contribution in [0.3, 0.4) is 0 Å². The minimum Gasteiger partial charge on any atom is -0.313 e. The first-order valence-corrected chi connectivity index (χ1v) is 9.02. The molecule has 1 rings (SSSR count). The van der Waals surface area contributed by atoms with E-state index in [1.807, 2.05) is 12.1 Å². The number of hydrogen-bond donors (Lipinski definition) is 2. The van der Waals surface area contributed by atoms with Gasteiger partial charge in [-0.2, -0.15) is 0 Å². The van der Waals surface area contributed by atoms with Gasteiger partial charge in [0.05, 0.1) is 4.90 Å². The van der Waals surface area contributed by atoms with Crippen LogP contribution >= 0.6 is 0 Å². The lowest BCUT2D eigenvalue weighted by atomic mass is 9.93. The number of sulfonamides is 1. The molecular weight excluding hydrogens is 284 g/mol. The van der Waals surface area contributed by atoms with Crippen LogP contribution in [0.25, 0.3) is 0 Å². The number of rotatable bonds is 8. The van der Waals surface area contributed by atoms with E-state index in [1.54, 1.807) is 12.1 Å². The molecule has 0 atom stereocenters. The summed E-state index contributed by atoms with van der Waals surface area (Å²) in [6, 6.07) is 7.06. The van der Waals surface area contributed by atoms with Crippen LogP contribution in [-0.2, 0) is 16.6 Å². The fourth-order valence-electron chi connectivity index (χ4n) is 1.84. The Balaban J connectivity index is 2.59. The first-order valence-electron chi connectivity index (χ1n) is 7.54. The molecule has 2 N–H and O–H groups in total. The topological polar surface area (TPSA) is 58.2 Å². The van der Waals surface area contributed by atoms with Crippen LogP contribution in [-0.4, -0.2) is 21.5 Å². The lowest BCUT2D eigenvalue weighted by Gasteiger charge is -2.18. The predicted molar refractivity (Wildman–Crippen MR) is 87.7 cm³/mol. The highest BCUT2D eigenvalue weighted by Gasteiger charge is 2.16. The van der Waals surface area contributed by atoms with Crippen LogP contribution in [0, 0.1) is 5.41 Å². The predicted octanol–water partition coefficient (Wildman–Crippen LogP) is 2.90. The molecule has 1 aromatic carbocycles. The van der Waals surface area contributed by atoms with Gasteiger partial charge in [-0.05, 0) is 42.5 Å². The third kappa shape index (κ3) is 7.07. The van der Waals surface area contributed by atoms with Crippen molar-refractivity contribution in [2.45, 2.75) is 52.0 Å². The van der Waals surface area contributed by atoms with Crippen molar-refractivity contribution in [1.29, 1.82) is 0 Å². The Morgan fingerprint density at radius 3 is 2.19 bits per heavy atom. The van der Waals surface area contributed by atoms with Gasteiger partial charge in [0.1, 0.15) is 0 Å². The van der Waals surface area contributed by atoms with Crippen molar-refractivity contribution >= 4 is 10.0 Å². The summed E-state index contributed by atoms with van der Waals surface area (Å²) in [6.45, 7) is 10.6. The van der Waals surface area contributed by atoms with Gasteiger partial charge >= 0.3 is 0 Å². The van der Waals surface area contributed by atoms with Gasteiger partial charge < -0.3 is 5.32 Å². The molecule has 0 amide bonds. The molecule has 0 saturated carbocycles. The van der Waals surface area contributed by atoms with Crippen molar-refractivity contribution in [2.75, 3.05) is 13.1 Å². The quantitative estimate of drug-likeness (QED) is 0.726. The van der Waals surface area contributed by atoms with E-state index in [4.69, 9.17) is 0 Å². The van der Waals surface area contributed by atoms with E-state index in [0.717, 1.165) is 31.5 Å². The van der Waals surface area contributed by atoms with Crippen LogP contribution in [0.5, 0.6) is 0 Å². The third-order valence-corrected chi connectivity index (χ3v) is 4.63. The van der Waals surface area contributed by atoms with Crippen molar-refractivity contribution in [3.8, 4) is 0 Å². The molecule has 0 aliphatic carbocycles. The van der Waals surface area contributed by atoms with Gasteiger partial charge in [0, 0.05) is 13.1 Å². The number of benzene rings is 1. The Kier molecular flexibility index (Phi) is 6.84. The van der Waals surface area contributed by atoms with Gasteiger partial charge in [-0.25, -0.2) is 13.1 Å². The Morgan fingerprint density at radius 1 is 1.05 bits per heavy atom. The van der Waals surface area contributed by atoms with E-state index in [0.29, 0.717) is 11.4 Å². The Labute approximate surface area is 129 Å². The van der Waals surface area contributed by atoms with Gasteiger partial charge in [0.15, 0.2) is 0 Å². The minimum atomic E-state index is -3.40. The van der Waals surface area contributed by atoms with E-state index in [-0.39, 0.29) is 5.41 Å². The van der Waals surface area contributed by atoms with Crippen LogP contribution in [0.4, 0.5) is 0 Å². The molecule has 0 fully saturated rings. The van der Waals surface area contributed by atoms with Gasteiger partial charge in [0.25, 0.3) is 0 Å². The van der Waals surface area contributed by atoms with Crippen molar-refractivity contribution in [1.82, 2.24) is 10.0 Å². The molecule has 1 aromatic rings. The first-order chi connectivity index (χ1) is 9.74. The maximum absolute atomic E-state index is 12.2. The van der Waals surface area contributed by atoms with E-state index in [2.05, 4.69) is 37.7 Å². The minimum absolute atomic E-state index is 0.122. The summed E-state index contributed by atoms with van der Waals surface area (Å²) in [5.41, 5.74) is 1.22. The van der Waals surface area contributed by atoms with Crippen molar-refractivity contribution in [3.63, 3.8) is 0 Å². The van der Waals surface area contributed by atoms with Gasteiger partial charge in [-0.1, -0.05) is 39.8 Å². The summed E-state index contributed by atoms with van der Waals surface area (Å²) in [6.07, 6.45) is 1.90. The summed E-state index contributed by atoms with van der Waals surface area (Å²) in [5.74, 6) is 0. The molecule has 0 saturated heterocycles. The molecule has 4 nitrogen and oxygen atoms in total. The summed E-state index contributed by atoms with van der Waals surface area (Å²) >= 11 is 0. The first kappa shape index (κ1) is 18.1. The standard InChI is InChI=1S/C16H28N2O2S/c1-5-11-17-13-14-6-8-15(9-7-14)21(19,20)18-12-10-16(2,3)4/h6-9,17-18H,5,10-13H2,1-4H3. The second-order valence-electron chi connectivity index (χ2n) is 6.53.